The topological polar surface area (TPSA) is 91.0 Å². The second kappa shape index (κ2) is 13.6. The van der Waals surface area contributed by atoms with Crippen LogP contribution in [0.5, 0.6) is 0 Å². The van der Waals surface area contributed by atoms with E-state index in [1.807, 2.05) is 37.3 Å². The Hall–Kier alpha value is -3.73. The van der Waals surface area contributed by atoms with E-state index in [9.17, 15) is 9.18 Å². The summed E-state index contributed by atoms with van der Waals surface area (Å²) in [4.78, 5) is 21.9. The molecule has 2 saturated heterocycles. The van der Waals surface area contributed by atoms with Gasteiger partial charge in [-0.1, -0.05) is 6.07 Å². The first-order valence-electron chi connectivity index (χ1n) is 13.9. The van der Waals surface area contributed by atoms with Crippen LogP contribution in [-0.4, -0.2) is 81.5 Å². The molecule has 5 rings (SSSR count). The molecule has 40 heavy (non-hydrogen) atoms. The summed E-state index contributed by atoms with van der Waals surface area (Å²) in [6, 6.07) is 14.2. The molecule has 0 bridgehead atoms. The number of ether oxygens (including phenoxy) is 2. The number of anilines is 5. The zero-order valence-electron chi connectivity index (χ0n) is 22.9. The Morgan fingerprint density at radius 3 is 2.48 bits per heavy atom. The summed E-state index contributed by atoms with van der Waals surface area (Å²) in [5, 5.41) is 9.59. The largest absolute Gasteiger partial charge is 0.379 e. The fourth-order valence-corrected chi connectivity index (χ4v) is 4.82. The molecule has 9 nitrogen and oxygen atoms in total. The van der Waals surface area contributed by atoms with E-state index in [1.54, 1.807) is 12.3 Å². The first-order valence-corrected chi connectivity index (χ1v) is 13.9. The van der Waals surface area contributed by atoms with E-state index in [-0.39, 0.29) is 11.7 Å². The predicted molar refractivity (Wildman–Crippen MR) is 156 cm³/mol. The highest BCUT2D eigenvalue weighted by atomic mass is 19.1. The number of benzene rings is 2. The van der Waals surface area contributed by atoms with Crippen molar-refractivity contribution >= 4 is 34.5 Å². The maximum absolute atomic E-state index is 14.4. The maximum Gasteiger partial charge on any atom is 0.257 e. The molecule has 0 unspecified atom stereocenters. The molecule has 0 spiro atoms. The molecule has 3 N–H and O–H groups in total. The quantitative estimate of drug-likeness (QED) is 0.319. The van der Waals surface area contributed by atoms with Crippen LogP contribution in [0.1, 0.15) is 22.3 Å². The molecule has 3 aromatic rings. The first-order chi connectivity index (χ1) is 19.5. The third-order valence-corrected chi connectivity index (χ3v) is 7.12. The van der Waals surface area contributed by atoms with Gasteiger partial charge in [-0.2, -0.15) is 0 Å². The SMILES string of the molecule is Cc1ccc(Nc2cc(F)cc(N3CCOCC3)c2)cc1NC(=O)c1ccc(NCCCN2CCOCC2)nc1. The number of carbonyl (C=O) groups excluding carboxylic acids is 1. The third-order valence-electron chi connectivity index (χ3n) is 7.12. The molecular weight excluding hydrogens is 511 g/mol. The van der Waals surface area contributed by atoms with Crippen LogP contribution in [0.4, 0.5) is 33.0 Å². The molecule has 1 aromatic heterocycles. The van der Waals surface area contributed by atoms with E-state index in [1.165, 1.54) is 12.1 Å². The van der Waals surface area contributed by atoms with E-state index >= 15 is 0 Å². The highest BCUT2D eigenvalue weighted by molar-refractivity contribution is 6.04. The number of hydrogen-bond donors (Lipinski definition) is 3. The standard InChI is InChI=1S/C30H37FN6O3/c1-22-3-5-25(34-26-17-24(31)18-27(19-26)37-11-15-40-16-12-37)20-28(22)35-30(38)23-4-6-29(33-21-23)32-7-2-8-36-9-13-39-14-10-36/h3-6,17-21,34H,2,7-16H2,1H3,(H,32,33)(H,35,38). The molecule has 2 aliphatic rings. The molecule has 10 heteroatoms. The molecule has 0 atom stereocenters. The van der Waals surface area contributed by atoms with Crippen LogP contribution in [0.3, 0.4) is 0 Å². The van der Waals surface area contributed by atoms with Crippen molar-refractivity contribution in [2.24, 2.45) is 0 Å². The number of nitrogens with zero attached hydrogens (tertiary/aromatic N) is 3. The molecule has 0 aliphatic carbocycles. The van der Waals surface area contributed by atoms with Crippen molar-refractivity contribution in [1.82, 2.24) is 9.88 Å². The fourth-order valence-electron chi connectivity index (χ4n) is 4.82. The Kier molecular flexibility index (Phi) is 9.43. The lowest BCUT2D eigenvalue weighted by molar-refractivity contribution is 0.0378. The minimum absolute atomic E-state index is 0.244. The molecular formula is C30H37FN6O3. The van der Waals surface area contributed by atoms with Gasteiger partial charge in [-0.05, 0) is 67.9 Å². The van der Waals surface area contributed by atoms with Gasteiger partial charge in [-0.3, -0.25) is 9.69 Å². The highest BCUT2D eigenvalue weighted by Gasteiger charge is 2.14. The summed E-state index contributed by atoms with van der Waals surface area (Å²) in [5.74, 6) is 0.189. The highest BCUT2D eigenvalue weighted by Crippen LogP contribution is 2.28. The summed E-state index contributed by atoms with van der Waals surface area (Å²) in [6.07, 6.45) is 2.59. The Labute approximate surface area is 234 Å². The van der Waals surface area contributed by atoms with Crippen LogP contribution in [0.15, 0.2) is 54.7 Å². The average molecular weight is 549 g/mol. The number of amides is 1. The molecule has 2 fully saturated rings. The smallest absolute Gasteiger partial charge is 0.257 e. The van der Waals surface area contributed by atoms with Crippen LogP contribution >= 0.6 is 0 Å². The molecule has 2 aliphatic heterocycles. The Bertz CT molecular complexity index is 1280. The second-order valence-corrected chi connectivity index (χ2v) is 10.1. The van der Waals surface area contributed by atoms with Gasteiger partial charge in [0.05, 0.1) is 32.0 Å². The number of morpholine rings is 2. The van der Waals surface area contributed by atoms with Crippen LogP contribution < -0.4 is 20.9 Å². The van der Waals surface area contributed by atoms with Crippen molar-refractivity contribution in [1.29, 1.82) is 0 Å². The van der Waals surface area contributed by atoms with Crippen molar-refractivity contribution in [3.05, 3.63) is 71.7 Å². The number of pyridine rings is 1. The maximum atomic E-state index is 14.4. The first kappa shape index (κ1) is 27.8. The third kappa shape index (κ3) is 7.68. The van der Waals surface area contributed by atoms with Gasteiger partial charge < -0.3 is 30.3 Å². The molecule has 0 saturated carbocycles. The van der Waals surface area contributed by atoms with Crippen LogP contribution in [0, 0.1) is 12.7 Å². The van der Waals surface area contributed by atoms with Crippen molar-refractivity contribution in [2.45, 2.75) is 13.3 Å². The number of rotatable bonds is 10. The molecule has 1 amide bonds. The van der Waals surface area contributed by atoms with E-state index in [4.69, 9.17) is 9.47 Å². The average Bonchev–Trinajstić information content (AvgIpc) is 2.98. The fraction of sp³-hybridized carbons (Fsp3) is 0.400. The Balaban J connectivity index is 1.16. The lowest BCUT2D eigenvalue weighted by atomic mass is 10.1. The van der Waals surface area contributed by atoms with Crippen LogP contribution in [-0.2, 0) is 9.47 Å². The van der Waals surface area contributed by atoms with Crippen molar-refractivity contribution in [3.63, 3.8) is 0 Å². The van der Waals surface area contributed by atoms with Gasteiger partial charge >= 0.3 is 0 Å². The summed E-state index contributed by atoms with van der Waals surface area (Å²) in [5.41, 5.74) is 4.25. The number of nitrogens with one attached hydrogen (secondary N) is 3. The van der Waals surface area contributed by atoms with Crippen LogP contribution in [0.2, 0.25) is 0 Å². The molecule has 0 radical (unpaired) electrons. The number of aromatic nitrogens is 1. The van der Waals surface area contributed by atoms with Gasteiger partial charge in [-0.25, -0.2) is 9.37 Å². The van der Waals surface area contributed by atoms with Gasteiger partial charge in [0.2, 0.25) is 0 Å². The summed E-state index contributed by atoms with van der Waals surface area (Å²) in [7, 11) is 0. The lowest BCUT2D eigenvalue weighted by Gasteiger charge is -2.29. The zero-order chi connectivity index (χ0) is 27.7. The van der Waals surface area contributed by atoms with E-state index in [2.05, 4.69) is 30.7 Å². The van der Waals surface area contributed by atoms with E-state index < -0.39 is 0 Å². The van der Waals surface area contributed by atoms with Crippen molar-refractivity contribution in [3.8, 4) is 0 Å². The lowest BCUT2D eigenvalue weighted by Crippen LogP contribution is -2.37. The molecule has 3 heterocycles. The predicted octanol–water partition coefficient (Wildman–Crippen LogP) is 4.50. The number of aryl methyl sites for hydroxylation is 1. The summed E-state index contributed by atoms with van der Waals surface area (Å²) < 4.78 is 25.2. The minimum atomic E-state index is -0.310. The van der Waals surface area contributed by atoms with Gasteiger partial charge in [-0.15, -0.1) is 0 Å². The zero-order valence-corrected chi connectivity index (χ0v) is 22.9. The Morgan fingerprint density at radius 2 is 1.73 bits per heavy atom. The van der Waals surface area contributed by atoms with E-state index in [0.717, 1.165) is 81.7 Å². The summed E-state index contributed by atoms with van der Waals surface area (Å²) in [6.45, 7) is 10.1. The van der Waals surface area contributed by atoms with Gasteiger partial charge in [0, 0.05) is 61.7 Å². The van der Waals surface area contributed by atoms with Crippen molar-refractivity contribution < 1.29 is 18.7 Å². The second-order valence-electron chi connectivity index (χ2n) is 10.1. The van der Waals surface area contributed by atoms with Crippen LogP contribution in [0.25, 0.3) is 0 Å². The summed E-state index contributed by atoms with van der Waals surface area (Å²) >= 11 is 0. The number of carbonyl (C=O) groups is 1. The van der Waals surface area contributed by atoms with Gasteiger partial charge in [0.25, 0.3) is 5.91 Å². The van der Waals surface area contributed by atoms with Gasteiger partial charge in [0.15, 0.2) is 0 Å². The monoisotopic (exact) mass is 548 g/mol. The van der Waals surface area contributed by atoms with Gasteiger partial charge in [0.1, 0.15) is 11.6 Å². The normalized spacial score (nSPS) is 16.0. The number of halogens is 1. The van der Waals surface area contributed by atoms with E-state index in [0.29, 0.717) is 30.2 Å². The molecule has 212 valence electrons. The minimum Gasteiger partial charge on any atom is -0.379 e. The Morgan fingerprint density at radius 1 is 0.950 bits per heavy atom. The number of hydrogen-bond acceptors (Lipinski definition) is 8. The molecule has 2 aromatic carbocycles. The van der Waals surface area contributed by atoms with Crippen molar-refractivity contribution in [2.75, 3.05) is 86.5 Å².